The summed E-state index contributed by atoms with van der Waals surface area (Å²) in [4.78, 5) is 24.5. The molecule has 0 saturated carbocycles. The normalized spacial score (nSPS) is 20.4. The van der Waals surface area contributed by atoms with E-state index in [0.29, 0.717) is 13.0 Å². The van der Waals surface area contributed by atoms with Crippen LogP contribution in [0.1, 0.15) is 24.5 Å². The first-order valence-corrected chi connectivity index (χ1v) is 5.58. The molecule has 1 aromatic heterocycles. The molecule has 5 nitrogen and oxygen atoms in total. The number of hydrogen-bond donors (Lipinski definition) is 0. The minimum absolute atomic E-state index is 0.0250. The second-order valence-corrected chi connectivity index (χ2v) is 4.10. The van der Waals surface area contributed by atoms with Gasteiger partial charge in [-0.15, -0.1) is 0 Å². The summed E-state index contributed by atoms with van der Waals surface area (Å²) in [6, 6.07) is 3.70. The van der Waals surface area contributed by atoms with Crippen LogP contribution in [-0.4, -0.2) is 37.0 Å². The van der Waals surface area contributed by atoms with Crippen molar-refractivity contribution < 1.29 is 18.7 Å². The lowest BCUT2D eigenvalue weighted by atomic mass is 9.94. The summed E-state index contributed by atoms with van der Waals surface area (Å²) in [5, 5.41) is 0. The minimum Gasteiger partial charge on any atom is -0.469 e. The van der Waals surface area contributed by atoms with Crippen molar-refractivity contribution in [2.24, 2.45) is 0 Å². The maximum Gasteiger partial charge on any atom is 0.325 e. The molecular weight excluding hydrogens is 222 g/mol. The van der Waals surface area contributed by atoms with Crippen molar-refractivity contribution >= 4 is 11.9 Å². The van der Waals surface area contributed by atoms with Crippen LogP contribution in [0.2, 0.25) is 0 Å². The number of amides is 1. The Morgan fingerprint density at radius 3 is 3.06 bits per heavy atom. The fraction of sp³-hybridized carbons (Fsp3) is 0.500. The van der Waals surface area contributed by atoms with Crippen molar-refractivity contribution in [3.63, 3.8) is 0 Å². The number of furan rings is 1. The topological polar surface area (TPSA) is 59.8 Å². The van der Waals surface area contributed by atoms with Gasteiger partial charge in [-0.1, -0.05) is 0 Å². The first-order chi connectivity index (χ1) is 8.20. The first kappa shape index (κ1) is 11.7. The number of esters is 1. The third kappa shape index (κ3) is 2.67. The number of carbonyl (C=O) groups excluding carboxylic acids is 2. The molecule has 0 aliphatic carbocycles. The molecule has 1 amide bonds. The van der Waals surface area contributed by atoms with Gasteiger partial charge in [-0.2, -0.15) is 0 Å². The molecule has 17 heavy (non-hydrogen) atoms. The van der Waals surface area contributed by atoms with Crippen LogP contribution in [0.3, 0.4) is 0 Å². The number of likely N-dealkylation sites (tertiary alicyclic amines) is 1. The van der Waals surface area contributed by atoms with Gasteiger partial charge in [0.1, 0.15) is 12.3 Å². The standard InChI is InChI=1S/C12H15NO4/c1-16-12(15)8-13-5-4-9(7-11(13)14)10-3-2-6-17-10/h2-3,6,9H,4-5,7-8H2,1H3/t9-/m1/s1. The number of rotatable bonds is 3. The minimum atomic E-state index is -0.380. The highest BCUT2D eigenvalue weighted by molar-refractivity contribution is 5.83. The average Bonchev–Trinajstić information content (AvgIpc) is 2.85. The fourth-order valence-corrected chi connectivity index (χ4v) is 2.03. The number of methoxy groups -OCH3 is 1. The maximum atomic E-state index is 11.8. The van der Waals surface area contributed by atoms with Gasteiger partial charge in [0.15, 0.2) is 0 Å². The monoisotopic (exact) mass is 237 g/mol. The third-order valence-corrected chi connectivity index (χ3v) is 3.01. The molecule has 0 spiro atoms. The number of ether oxygens (including phenoxy) is 1. The Labute approximate surface area is 99.3 Å². The Kier molecular flexibility index (Phi) is 3.46. The molecule has 1 saturated heterocycles. The van der Waals surface area contributed by atoms with Crippen molar-refractivity contribution in [1.82, 2.24) is 4.90 Å². The SMILES string of the molecule is COC(=O)CN1CC[C@@H](c2ccco2)CC1=O. The molecule has 0 aromatic carbocycles. The molecule has 0 unspecified atom stereocenters. The van der Waals surface area contributed by atoms with E-state index < -0.39 is 0 Å². The van der Waals surface area contributed by atoms with E-state index in [-0.39, 0.29) is 24.3 Å². The molecule has 5 heteroatoms. The zero-order valence-corrected chi connectivity index (χ0v) is 9.72. The molecule has 2 heterocycles. The van der Waals surface area contributed by atoms with Gasteiger partial charge in [0.05, 0.1) is 13.4 Å². The lowest BCUT2D eigenvalue weighted by molar-refractivity contribution is -0.148. The summed E-state index contributed by atoms with van der Waals surface area (Å²) in [5.74, 6) is 0.570. The van der Waals surface area contributed by atoms with Crippen LogP contribution in [0, 0.1) is 0 Å². The van der Waals surface area contributed by atoms with Gasteiger partial charge in [-0.3, -0.25) is 9.59 Å². The van der Waals surface area contributed by atoms with Crippen molar-refractivity contribution in [3.05, 3.63) is 24.2 Å². The molecule has 1 aliphatic rings. The molecule has 1 aromatic rings. The number of carbonyl (C=O) groups is 2. The predicted octanol–water partition coefficient (Wildman–Crippen LogP) is 1.16. The van der Waals surface area contributed by atoms with Gasteiger partial charge < -0.3 is 14.1 Å². The number of hydrogen-bond acceptors (Lipinski definition) is 4. The van der Waals surface area contributed by atoms with Crippen molar-refractivity contribution in [2.45, 2.75) is 18.8 Å². The van der Waals surface area contributed by atoms with Gasteiger partial charge in [0, 0.05) is 18.9 Å². The highest BCUT2D eigenvalue weighted by Crippen LogP contribution is 2.28. The Morgan fingerprint density at radius 1 is 1.65 bits per heavy atom. The molecule has 0 bridgehead atoms. The molecular formula is C12H15NO4. The van der Waals surface area contributed by atoms with Crippen molar-refractivity contribution in [1.29, 1.82) is 0 Å². The molecule has 1 aliphatic heterocycles. The van der Waals surface area contributed by atoms with E-state index >= 15 is 0 Å². The Morgan fingerprint density at radius 2 is 2.47 bits per heavy atom. The van der Waals surface area contributed by atoms with Crippen LogP contribution >= 0.6 is 0 Å². The summed E-state index contributed by atoms with van der Waals surface area (Å²) < 4.78 is 9.85. The van der Waals surface area contributed by atoms with Crippen molar-refractivity contribution in [2.75, 3.05) is 20.2 Å². The van der Waals surface area contributed by atoms with Crippen LogP contribution in [-0.2, 0) is 14.3 Å². The summed E-state index contributed by atoms with van der Waals surface area (Å²) in [6.45, 7) is 0.611. The lowest BCUT2D eigenvalue weighted by Crippen LogP contribution is -2.41. The highest BCUT2D eigenvalue weighted by Gasteiger charge is 2.29. The van der Waals surface area contributed by atoms with Crippen LogP contribution < -0.4 is 0 Å². The molecule has 1 atom stereocenters. The van der Waals surface area contributed by atoms with E-state index in [9.17, 15) is 9.59 Å². The molecule has 92 valence electrons. The van der Waals surface area contributed by atoms with Gasteiger partial charge in [-0.25, -0.2) is 0 Å². The van der Waals surface area contributed by atoms with Gasteiger partial charge >= 0.3 is 5.97 Å². The predicted molar refractivity (Wildman–Crippen MR) is 59.3 cm³/mol. The molecule has 2 rings (SSSR count). The second-order valence-electron chi connectivity index (χ2n) is 4.10. The third-order valence-electron chi connectivity index (χ3n) is 3.01. The summed E-state index contributed by atoms with van der Waals surface area (Å²) >= 11 is 0. The Balaban J connectivity index is 1.93. The largest absolute Gasteiger partial charge is 0.469 e. The Hall–Kier alpha value is -1.78. The first-order valence-electron chi connectivity index (χ1n) is 5.58. The maximum absolute atomic E-state index is 11.8. The number of piperidine rings is 1. The van der Waals surface area contributed by atoms with Crippen LogP contribution in [0.25, 0.3) is 0 Å². The quantitative estimate of drug-likeness (QED) is 0.740. The van der Waals surface area contributed by atoms with Crippen LogP contribution in [0.4, 0.5) is 0 Å². The second kappa shape index (κ2) is 5.03. The number of nitrogens with zero attached hydrogens (tertiary/aromatic N) is 1. The van der Waals surface area contributed by atoms with E-state index in [1.165, 1.54) is 12.0 Å². The smallest absolute Gasteiger partial charge is 0.325 e. The lowest BCUT2D eigenvalue weighted by Gasteiger charge is -2.29. The average molecular weight is 237 g/mol. The Bertz CT molecular complexity index is 399. The summed E-state index contributed by atoms with van der Waals surface area (Å²) in [5.41, 5.74) is 0. The van der Waals surface area contributed by atoms with Gasteiger partial charge in [-0.05, 0) is 18.6 Å². The van der Waals surface area contributed by atoms with E-state index in [0.717, 1.165) is 12.2 Å². The molecule has 0 N–H and O–H groups in total. The van der Waals surface area contributed by atoms with E-state index in [1.54, 1.807) is 6.26 Å². The van der Waals surface area contributed by atoms with E-state index in [4.69, 9.17) is 4.42 Å². The zero-order valence-electron chi connectivity index (χ0n) is 9.72. The van der Waals surface area contributed by atoms with Gasteiger partial charge in [0.2, 0.25) is 5.91 Å². The molecule has 1 fully saturated rings. The van der Waals surface area contributed by atoms with Gasteiger partial charge in [0.25, 0.3) is 0 Å². The van der Waals surface area contributed by atoms with Crippen LogP contribution in [0.15, 0.2) is 22.8 Å². The zero-order chi connectivity index (χ0) is 12.3. The molecule has 0 radical (unpaired) electrons. The van der Waals surface area contributed by atoms with Crippen molar-refractivity contribution in [3.8, 4) is 0 Å². The van der Waals surface area contributed by atoms with Crippen LogP contribution in [0.5, 0.6) is 0 Å². The van der Waals surface area contributed by atoms with E-state index in [1.807, 2.05) is 12.1 Å². The summed E-state index contributed by atoms with van der Waals surface area (Å²) in [6.07, 6.45) is 2.82. The van der Waals surface area contributed by atoms with E-state index in [2.05, 4.69) is 4.74 Å². The fourth-order valence-electron chi connectivity index (χ4n) is 2.03. The summed E-state index contributed by atoms with van der Waals surface area (Å²) in [7, 11) is 1.32. The highest BCUT2D eigenvalue weighted by atomic mass is 16.5.